The lowest BCUT2D eigenvalue weighted by atomic mass is 9.98. The zero-order valence-corrected chi connectivity index (χ0v) is 13.5. The number of anilines is 1. The van der Waals surface area contributed by atoms with Crippen molar-refractivity contribution < 1.29 is 0 Å². The maximum atomic E-state index is 3.55. The molecule has 0 aromatic heterocycles. The highest BCUT2D eigenvalue weighted by Crippen LogP contribution is 2.31. The highest BCUT2D eigenvalue weighted by Gasteiger charge is 2.23. The molecule has 1 rings (SSSR count). The second-order valence-corrected chi connectivity index (χ2v) is 6.11. The summed E-state index contributed by atoms with van der Waals surface area (Å²) in [6, 6.07) is 6.44. The summed E-state index contributed by atoms with van der Waals surface area (Å²) in [6.07, 6.45) is 1.12. The first kappa shape index (κ1) is 14.0. The molecule has 1 aromatic rings. The fraction of sp³-hybridized carbons (Fsp3) is 0.538. The lowest BCUT2D eigenvalue weighted by molar-refractivity contribution is 0.470. The zero-order valence-electron chi connectivity index (χ0n) is 10.3. The summed E-state index contributed by atoms with van der Waals surface area (Å²) >= 11 is 7.09. The molecule has 0 saturated heterocycles. The van der Waals surface area contributed by atoms with Crippen LogP contribution in [0, 0.1) is 0 Å². The highest BCUT2D eigenvalue weighted by atomic mass is 79.9. The van der Waals surface area contributed by atoms with Crippen molar-refractivity contribution >= 4 is 37.5 Å². The van der Waals surface area contributed by atoms with E-state index in [4.69, 9.17) is 0 Å². The highest BCUT2D eigenvalue weighted by molar-refractivity contribution is 9.10. The summed E-state index contributed by atoms with van der Waals surface area (Å²) in [4.78, 5) is 2.36. The lowest BCUT2D eigenvalue weighted by Gasteiger charge is -2.38. The second kappa shape index (κ2) is 5.54. The summed E-state index contributed by atoms with van der Waals surface area (Å²) in [5, 5.41) is 0.889. The van der Waals surface area contributed by atoms with E-state index in [1.807, 2.05) is 0 Å². The van der Waals surface area contributed by atoms with Gasteiger partial charge in [0.1, 0.15) is 0 Å². The Balaban J connectivity index is 3.16. The molecule has 1 nitrogen and oxygen atoms in total. The van der Waals surface area contributed by atoms with Gasteiger partial charge in [-0.3, -0.25) is 0 Å². The predicted molar refractivity (Wildman–Crippen MR) is 79.5 cm³/mol. The van der Waals surface area contributed by atoms with Crippen LogP contribution < -0.4 is 4.90 Å². The molecule has 0 bridgehead atoms. The van der Waals surface area contributed by atoms with Crippen LogP contribution in [-0.2, 0) is 5.33 Å². The van der Waals surface area contributed by atoms with Gasteiger partial charge in [-0.25, -0.2) is 0 Å². The number of hydrogen-bond acceptors (Lipinski definition) is 1. The second-order valence-electron chi connectivity index (χ2n) is 4.63. The van der Waals surface area contributed by atoms with Gasteiger partial charge in [0.15, 0.2) is 0 Å². The van der Waals surface area contributed by atoms with E-state index >= 15 is 0 Å². The van der Waals surface area contributed by atoms with Crippen molar-refractivity contribution in [3.05, 3.63) is 28.2 Å². The van der Waals surface area contributed by atoms with Crippen LogP contribution in [0.5, 0.6) is 0 Å². The van der Waals surface area contributed by atoms with E-state index in [0.717, 1.165) is 16.2 Å². The van der Waals surface area contributed by atoms with E-state index in [2.05, 4.69) is 82.8 Å². The van der Waals surface area contributed by atoms with E-state index in [9.17, 15) is 0 Å². The van der Waals surface area contributed by atoms with Crippen molar-refractivity contribution in [2.45, 2.75) is 38.1 Å². The van der Waals surface area contributed by atoms with Crippen LogP contribution in [-0.4, -0.2) is 12.6 Å². The molecule has 0 aliphatic carbocycles. The topological polar surface area (TPSA) is 3.24 Å². The van der Waals surface area contributed by atoms with Gasteiger partial charge >= 0.3 is 0 Å². The molecule has 0 unspecified atom stereocenters. The Morgan fingerprint density at radius 2 is 1.94 bits per heavy atom. The summed E-state index contributed by atoms with van der Waals surface area (Å²) in [6.45, 7) is 6.76. The minimum Gasteiger partial charge on any atom is -0.369 e. The van der Waals surface area contributed by atoms with Crippen molar-refractivity contribution in [1.82, 2.24) is 0 Å². The molecule has 3 heteroatoms. The van der Waals surface area contributed by atoms with Gasteiger partial charge in [-0.1, -0.05) is 44.8 Å². The van der Waals surface area contributed by atoms with Crippen LogP contribution >= 0.6 is 31.9 Å². The molecule has 0 aliphatic rings. The Kier molecular flexibility index (Phi) is 4.87. The monoisotopic (exact) mass is 347 g/mol. The van der Waals surface area contributed by atoms with Gasteiger partial charge < -0.3 is 4.90 Å². The first-order valence-corrected chi connectivity index (χ1v) is 7.42. The fourth-order valence-electron chi connectivity index (χ4n) is 1.53. The molecule has 0 saturated carbocycles. The Labute approximate surface area is 115 Å². The molecular formula is C13H19Br2N. The SMILES string of the molecule is CCC(C)(C)N(C)c1cc(Br)ccc1CBr. The lowest BCUT2D eigenvalue weighted by Crippen LogP contribution is -2.41. The molecule has 0 amide bonds. The van der Waals surface area contributed by atoms with Gasteiger partial charge in [0.25, 0.3) is 0 Å². The largest absolute Gasteiger partial charge is 0.369 e. The number of nitrogens with zero attached hydrogens (tertiary/aromatic N) is 1. The quantitative estimate of drug-likeness (QED) is 0.694. The van der Waals surface area contributed by atoms with Gasteiger partial charge in [0.05, 0.1) is 0 Å². The first-order chi connectivity index (χ1) is 7.42. The molecule has 0 radical (unpaired) electrons. The fourth-order valence-corrected chi connectivity index (χ4v) is 2.35. The van der Waals surface area contributed by atoms with Crippen LogP contribution in [0.25, 0.3) is 0 Å². The first-order valence-electron chi connectivity index (χ1n) is 5.50. The number of alkyl halides is 1. The van der Waals surface area contributed by atoms with Crippen LogP contribution in [0.2, 0.25) is 0 Å². The third-order valence-corrected chi connectivity index (χ3v) is 4.42. The van der Waals surface area contributed by atoms with Crippen molar-refractivity contribution in [3.63, 3.8) is 0 Å². The number of rotatable bonds is 4. The molecule has 0 spiro atoms. The van der Waals surface area contributed by atoms with Crippen LogP contribution in [0.4, 0.5) is 5.69 Å². The Morgan fingerprint density at radius 3 is 2.44 bits per heavy atom. The Bertz CT molecular complexity index is 361. The molecule has 0 aliphatic heterocycles. The third-order valence-electron chi connectivity index (χ3n) is 3.33. The van der Waals surface area contributed by atoms with E-state index in [-0.39, 0.29) is 5.54 Å². The van der Waals surface area contributed by atoms with Gasteiger partial charge in [-0.15, -0.1) is 0 Å². The maximum Gasteiger partial charge on any atom is 0.0420 e. The van der Waals surface area contributed by atoms with Crippen LogP contribution in [0.1, 0.15) is 32.8 Å². The minimum absolute atomic E-state index is 0.178. The summed E-state index contributed by atoms with van der Waals surface area (Å²) in [5.41, 5.74) is 2.79. The molecule has 0 N–H and O–H groups in total. The molecule has 16 heavy (non-hydrogen) atoms. The molecular weight excluding hydrogens is 330 g/mol. The Morgan fingerprint density at radius 1 is 1.31 bits per heavy atom. The Hall–Kier alpha value is -0.0200. The van der Waals surface area contributed by atoms with Crippen molar-refractivity contribution in [2.24, 2.45) is 0 Å². The summed E-state index contributed by atoms with van der Waals surface area (Å²) in [7, 11) is 2.16. The van der Waals surface area contributed by atoms with E-state index in [1.54, 1.807) is 0 Å². The molecule has 1 aromatic carbocycles. The zero-order chi connectivity index (χ0) is 12.3. The van der Waals surface area contributed by atoms with Crippen LogP contribution in [0.3, 0.4) is 0 Å². The van der Waals surface area contributed by atoms with Gasteiger partial charge in [0.2, 0.25) is 0 Å². The van der Waals surface area contributed by atoms with Crippen LogP contribution in [0.15, 0.2) is 22.7 Å². The summed E-state index contributed by atoms with van der Waals surface area (Å²) < 4.78 is 1.13. The standard InChI is InChI=1S/C13H19Br2N/c1-5-13(2,3)16(4)12-8-11(15)7-6-10(12)9-14/h6-8H,5,9H2,1-4H3. The van der Waals surface area contributed by atoms with E-state index in [1.165, 1.54) is 11.3 Å². The van der Waals surface area contributed by atoms with Gasteiger partial charge in [-0.2, -0.15) is 0 Å². The number of halogens is 2. The average Bonchev–Trinajstić information content (AvgIpc) is 2.28. The molecule has 0 fully saturated rings. The minimum atomic E-state index is 0.178. The molecule has 90 valence electrons. The predicted octanol–water partition coefficient (Wildman–Crippen LogP) is 4.97. The normalized spacial score (nSPS) is 11.6. The average molecular weight is 349 g/mol. The molecule has 0 heterocycles. The van der Waals surface area contributed by atoms with Gasteiger partial charge in [0, 0.05) is 28.1 Å². The van der Waals surface area contributed by atoms with E-state index in [0.29, 0.717) is 0 Å². The smallest absolute Gasteiger partial charge is 0.0420 e. The third kappa shape index (κ3) is 3.01. The van der Waals surface area contributed by atoms with Crippen molar-refractivity contribution in [2.75, 3.05) is 11.9 Å². The van der Waals surface area contributed by atoms with E-state index < -0.39 is 0 Å². The molecule has 0 atom stereocenters. The van der Waals surface area contributed by atoms with Gasteiger partial charge in [-0.05, 0) is 38.0 Å². The number of hydrogen-bond donors (Lipinski definition) is 0. The number of benzene rings is 1. The van der Waals surface area contributed by atoms with Crippen molar-refractivity contribution in [3.8, 4) is 0 Å². The maximum absolute atomic E-state index is 3.55. The van der Waals surface area contributed by atoms with Crippen molar-refractivity contribution in [1.29, 1.82) is 0 Å². The summed E-state index contributed by atoms with van der Waals surface area (Å²) in [5.74, 6) is 0.